The first-order valence-corrected chi connectivity index (χ1v) is 7.38. The van der Waals surface area contributed by atoms with Gasteiger partial charge in [0.1, 0.15) is 5.82 Å². The monoisotopic (exact) mass is 315 g/mol. The fraction of sp³-hybridized carbons (Fsp3) is 0.375. The minimum absolute atomic E-state index is 0.0785. The lowest BCUT2D eigenvalue weighted by atomic mass is 10.1. The summed E-state index contributed by atoms with van der Waals surface area (Å²) in [5.74, 6) is -0.159. The molecule has 1 aliphatic heterocycles. The Morgan fingerprint density at radius 3 is 2.87 bits per heavy atom. The van der Waals surface area contributed by atoms with Crippen LogP contribution >= 0.6 is 0 Å². The number of nitrogens with zero attached hydrogens (tertiary/aromatic N) is 3. The van der Waals surface area contributed by atoms with E-state index in [1.165, 1.54) is 11.0 Å². The summed E-state index contributed by atoms with van der Waals surface area (Å²) in [6.07, 6.45) is 1.66. The molecule has 0 bridgehead atoms. The highest BCUT2D eigenvalue weighted by molar-refractivity contribution is 5.95. The first-order chi connectivity index (χ1) is 11.0. The molecule has 23 heavy (non-hydrogen) atoms. The maximum Gasteiger partial charge on any atom is 0.338 e. The van der Waals surface area contributed by atoms with Crippen LogP contribution in [0.2, 0.25) is 0 Å². The van der Waals surface area contributed by atoms with Gasteiger partial charge in [0.2, 0.25) is 0 Å². The molecule has 0 N–H and O–H groups in total. The predicted octanol–water partition coefficient (Wildman–Crippen LogP) is 0.588. The number of aryl methyl sites for hydroxylation is 1. The molecule has 7 nitrogen and oxygen atoms in total. The molecule has 0 fully saturated rings. The van der Waals surface area contributed by atoms with Crippen LogP contribution < -0.4 is 5.56 Å². The average molecular weight is 315 g/mol. The van der Waals surface area contributed by atoms with Crippen molar-refractivity contribution < 1.29 is 14.3 Å². The third-order valence-electron chi connectivity index (χ3n) is 3.88. The van der Waals surface area contributed by atoms with Crippen molar-refractivity contribution in [2.24, 2.45) is 0 Å². The van der Waals surface area contributed by atoms with Crippen molar-refractivity contribution in [1.82, 2.24) is 14.5 Å². The lowest BCUT2D eigenvalue weighted by Gasteiger charge is -2.10. The zero-order chi connectivity index (χ0) is 16.6. The molecule has 7 heteroatoms. The molecule has 0 saturated carbocycles. The molecule has 2 heterocycles. The fourth-order valence-corrected chi connectivity index (χ4v) is 2.55. The van der Waals surface area contributed by atoms with E-state index in [9.17, 15) is 14.4 Å². The summed E-state index contributed by atoms with van der Waals surface area (Å²) in [5, 5.41) is 0.483. The van der Waals surface area contributed by atoms with E-state index < -0.39 is 5.97 Å². The molecule has 120 valence electrons. The molecule has 0 radical (unpaired) electrons. The second-order valence-corrected chi connectivity index (χ2v) is 5.68. The smallest absolute Gasteiger partial charge is 0.338 e. The highest BCUT2D eigenvalue weighted by Gasteiger charge is 2.18. The van der Waals surface area contributed by atoms with Gasteiger partial charge >= 0.3 is 5.97 Å². The average Bonchev–Trinajstić information content (AvgIpc) is 3.00. The lowest BCUT2D eigenvalue weighted by molar-refractivity contribution is -0.131. The standard InChI is InChI=1S/C16H17N3O4/c1-18(2)14(20)9-23-16(22)10-5-6-11-12(8-10)17-13-4-3-7-19(13)15(11)21/h5-6,8H,3-4,7,9H2,1-2H3. The lowest BCUT2D eigenvalue weighted by Crippen LogP contribution is -2.27. The molecule has 1 aromatic carbocycles. The molecule has 2 aromatic rings. The summed E-state index contributed by atoms with van der Waals surface area (Å²) in [4.78, 5) is 41.6. The van der Waals surface area contributed by atoms with Gasteiger partial charge in [-0.25, -0.2) is 9.78 Å². The van der Waals surface area contributed by atoms with Crippen molar-refractivity contribution in [2.75, 3.05) is 20.7 Å². The summed E-state index contributed by atoms with van der Waals surface area (Å²) >= 11 is 0. The Balaban J connectivity index is 1.88. The van der Waals surface area contributed by atoms with Gasteiger partial charge in [-0.3, -0.25) is 14.2 Å². The fourth-order valence-electron chi connectivity index (χ4n) is 2.55. The number of aromatic nitrogens is 2. The van der Waals surface area contributed by atoms with Crippen LogP contribution in [-0.4, -0.2) is 47.0 Å². The quantitative estimate of drug-likeness (QED) is 0.774. The number of fused-ring (bicyclic) bond motifs is 2. The van der Waals surface area contributed by atoms with Gasteiger partial charge in [-0.15, -0.1) is 0 Å². The Kier molecular flexibility index (Phi) is 3.85. The Hall–Kier alpha value is -2.70. The van der Waals surface area contributed by atoms with Crippen molar-refractivity contribution in [3.63, 3.8) is 0 Å². The Bertz CT molecular complexity index is 854. The van der Waals surface area contributed by atoms with Crippen molar-refractivity contribution in [1.29, 1.82) is 0 Å². The van der Waals surface area contributed by atoms with E-state index in [0.29, 0.717) is 17.4 Å². The third kappa shape index (κ3) is 2.81. The first-order valence-electron chi connectivity index (χ1n) is 7.38. The number of hydrogen-bond donors (Lipinski definition) is 0. The highest BCUT2D eigenvalue weighted by Crippen LogP contribution is 2.16. The Morgan fingerprint density at radius 1 is 1.35 bits per heavy atom. The van der Waals surface area contributed by atoms with E-state index in [1.54, 1.807) is 30.8 Å². The van der Waals surface area contributed by atoms with Crippen molar-refractivity contribution in [3.05, 3.63) is 39.9 Å². The van der Waals surface area contributed by atoms with E-state index in [-0.39, 0.29) is 23.6 Å². The van der Waals surface area contributed by atoms with Crippen LogP contribution in [0.25, 0.3) is 10.9 Å². The van der Waals surface area contributed by atoms with Gasteiger partial charge in [-0.2, -0.15) is 0 Å². The first kappa shape index (κ1) is 15.2. The molecule has 3 rings (SSSR count). The third-order valence-corrected chi connectivity index (χ3v) is 3.88. The number of rotatable bonds is 3. The van der Waals surface area contributed by atoms with Crippen molar-refractivity contribution in [2.45, 2.75) is 19.4 Å². The van der Waals surface area contributed by atoms with E-state index in [1.807, 2.05) is 0 Å². The van der Waals surface area contributed by atoms with Gasteiger partial charge in [0.15, 0.2) is 6.61 Å². The van der Waals surface area contributed by atoms with Crippen molar-refractivity contribution >= 4 is 22.8 Å². The summed E-state index contributed by atoms with van der Waals surface area (Å²) in [5.41, 5.74) is 0.681. The van der Waals surface area contributed by atoms with E-state index in [4.69, 9.17) is 4.74 Å². The van der Waals surface area contributed by atoms with Crippen LogP contribution in [0.1, 0.15) is 22.6 Å². The van der Waals surface area contributed by atoms with Gasteiger partial charge in [-0.1, -0.05) is 0 Å². The van der Waals surface area contributed by atoms with E-state index >= 15 is 0 Å². The number of esters is 1. The maximum atomic E-state index is 12.3. The number of benzene rings is 1. The number of carbonyl (C=O) groups is 2. The highest BCUT2D eigenvalue weighted by atomic mass is 16.5. The van der Waals surface area contributed by atoms with Gasteiger partial charge in [0.05, 0.1) is 16.5 Å². The number of ether oxygens (including phenoxy) is 1. The summed E-state index contributed by atoms with van der Waals surface area (Å²) in [7, 11) is 3.17. The molecule has 0 saturated heterocycles. The Morgan fingerprint density at radius 2 is 2.13 bits per heavy atom. The topological polar surface area (TPSA) is 81.5 Å². The van der Waals surface area contributed by atoms with E-state index in [0.717, 1.165) is 18.7 Å². The second-order valence-electron chi connectivity index (χ2n) is 5.68. The molecular weight excluding hydrogens is 298 g/mol. The number of amides is 1. The number of likely N-dealkylation sites (N-methyl/N-ethyl adjacent to an activating group) is 1. The molecule has 1 aliphatic rings. The molecule has 1 amide bonds. The molecule has 0 atom stereocenters. The van der Waals surface area contributed by atoms with Crippen LogP contribution in [0.3, 0.4) is 0 Å². The summed E-state index contributed by atoms with van der Waals surface area (Å²) < 4.78 is 6.66. The van der Waals surface area contributed by atoms with Crippen LogP contribution in [-0.2, 0) is 22.5 Å². The summed E-state index contributed by atoms with van der Waals surface area (Å²) in [6.45, 7) is 0.373. The molecular formula is C16H17N3O4. The SMILES string of the molecule is CN(C)C(=O)COC(=O)c1ccc2c(=O)n3c(nc2c1)CCC3. The van der Waals surface area contributed by atoms with Crippen molar-refractivity contribution in [3.8, 4) is 0 Å². The van der Waals surface area contributed by atoms with Crippen LogP contribution in [0.4, 0.5) is 0 Å². The van der Waals surface area contributed by atoms with Crippen LogP contribution in [0, 0.1) is 0 Å². The molecule has 0 spiro atoms. The molecule has 1 aromatic heterocycles. The molecule has 0 aliphatic carbocycles. The second kappa shape index (κ2) is 5.83. The zero-order valence-electron chi connectivity index (χ0n) is 13.0. The maximum absolute atomic E-state index is 12.3. The van der Waals surface area contributed by atoms with Gasteiger partial charge in [0.25, 0.3) is 11.5 Å². The summed E-state index contributed by atoms with van der Waals surface area (Å²) in [6, 6.07) is 4.65. The Labute approximate surface area is 132 Å². The van der Waals surface area contributed by atoms with Gasteiger partial charge < -0.3 is 9.64 Å². The van der Waals surface area contributed by atoms with E-state index in [2.05, 4.69) is 4.98 Å². The van der Waals surface area contributed by atoms with Gasteiger partial charge in [0, 0.05) is 27.1 Å². The largest absolute Gasteiger partial charge is 0.452 e. The van der Waals surface area contributed by atoms with Crippen LogP contribution in [0.15, 0.2) is 23.0 Å². The number of carbonyl (C=O) groups excluding carboxylic acids is 2. The normalized spacial score (nSPS) is 13.0. The predicted molar refractivity (Wildman–Crippen MR) is 83.3 cm³/mol. The zero-order valence-corrected chi connectivity index (χ0v) is 13.0. The number of hydrogen-bond acceptors (Lipinski definition) is 5. The van der Waals surface area contributed by atoms with Crippen LogP contribution in [0.5, 0.6) is 0 Å². The van der Waals surface area contributed by atoms with Gasteiger partial charge in [-0.05, 0) is 24.6 Å². The minimum atomic E-state index is -0.607. The molecule has 0 unspecified atom stereocenters. The minimum Gasteiger partial charge on any atom is -0.452 e.